The van der Waals surface area contributed by atoms with E-state index in [2.05, 4.69) is 34.1 Å². The van der Waals surface area contributed by atoms with Crippen LogP contribution < -0.4 is 4.74 Å². The molecule has 1 aromatic carbocycles. The normalized spacial score (nSPS) is 19.7. The van der Waals surface area contributed by atoms with Gasteiger partial charge in [0.2, 0.25) is 0 Å². The van der Waals surface area contributed by atoms with Gasteiger partial charge < -0.3 is 14.3 Å². The van der Waals surface area contributed by atoms with Gasteiger partial charge in [0.05, 0.1) is 12.4 Å². The highest BCUT2D eigenvalue weighted by atomic mass is 16.5. The lowest BCUT2D eigenvalue weighted by Crippen LogP contribution is -2.35. The van der Waals surface area contributed by atoms with Crippen LogP contribution >= 0.6 is 0 Å². The molecule has 0 saturated carbocycles. The Hall–Kier alpha value is -2.08. The molecule has 5 heteroatoms. The van der Waals surface area contributed by atoms with Gasteiger partial charge in [-0.3, -0.25) is 9.80 Å². The van der Waals surface area contributed by atoms with Crippen LogP contribution in [0.3, 0.4) is 0 Å². The van der Waals surface area contributed by atoms with Gasteiger partial charge in [0.15, 0.2) is 0 Å². The van der Waals surface area contributed by atoms with Crippen LogP contribution in [-0.4, -0.2) is 53.8 Å². The number of aliphatic hydroxyl groups excluding tert-OH is 1. The summed E-state index contributed by atoms with van der Waals surface area (Å²) < 4.78 is 11.3. The lowest BCUT2D eigenvalue weighted by Gasteiger charge is -2.29. The zero-order chi connectivity index (χ0) is 18.5. The Morgan fingerprint density at radius 1 is 1.11 bits per heavy atom. The van der Waals surface area contributed by atoms with E-state index in [9.17, 15) is 5.11 Å². The highest BCUT2D eigenvalue weighted by Gasteiger charge is 2.19. The number of piperidine rings is 1. The van der Waals surface area contributed by atoms with E-state index in [0.717, 1.165) is 63.6 Å². The molecule has 1 aromatic heterocycles. The smallest absolute Gasteiger partial charge is 0.126 e. The SMILES string of the molecule is OC1CCN(Cc2ccc3c(c2)CN(C/C=C/c2ccco2)CCO3)CC1. The molecular formula is C22H28N2O3. The molecule has 5 nitrogen and oxygen atoms in total. The minimum atomic E-state index is -0.121. The average molecular weight is 368 g/mol. The minimum Gasteiger partial charge on any atom is -0.492 e. The summed E-state index contributed by atoms with van der Waals surface area (Å²) in [5.74, 6) is 1.89. The first-order chi connectivity index (χ1) is 13.3. The molecular weight excluding hydrogens is 340 g/mol. The maximum Gasteiger partial charge on any atom is 0.126 e. The Morgan fingerprint density at radius 2 is 2.00 bits per heavy atom. The second-order valence-corrected chi connectivity index (χ2v) is 7.45. The van der Waals surface area contributed by atoms with Crippen molar-refractivity contribution in [3.8, 4) is 5.75 Å². The van der Waals surface area contributed by atoms with Gasteiger partial charge in [-0.15, -0.1) is 0 Å². The number of hydrogen-bond donors (Lipinski definition) is 1. The summed E-state index contributed by atoms with van der Waals surface area (Å²) in [6, 6.07) is 10.4. The standard InChI is InChI=1S/C22H28N2O3/c25-20-7-10-24(11-8-20)16-18-5-6-22-19(15-18)17-23(12-14-27-22)9-1-3-21-4-2-13-26-21/h1-6,13,15,20,25H,7-12,14,16-17H2/b3-1+. The lowest BCUT2D eigenvalue weighted by molar-refractivity contribution is 0.0792. The molecule has 0 amide bonds. The first kappa shape index (κ1) is 18.3. The van der Waals surface area contributed by atoms with Gasteiger partial charge in [0.25, 0.3) is 0 Å². The summed E-state index contributed by atoms with van der Waals surface area (Å²) in [4.78, 5) is 4.82. The lowest BCUT2D eigenvalue weighted by atomic mass is 10.1. The Kier molecular flexibility index (Phi) is 5.92. The van der Waals surface area contributed by atoms with Crippen molar-refractivity contribution in [2.24, 2.45) is 0 Å². The van der Waals surface area contributed by atoms with Gasteiger partial charge in [-0.2, -0.15) is 0 Å². The van der Waals surface area contributed by atoms with Crippen LogP contribution in [0.4, 0.5) is 0 Å². The third kappa shape index (κ3) is 5.01. The third-order valence-corrected chi connectivity index (χ3v) is 5.34. The Labute approximate surface area is 160 Å². The second kappa shape index (κ2) is 8.74. The van der Waals surface area contributed by atoms with Crippen molar-refractivity contribution < 1.29 is 14.3 Å². The van der Waals surface area contributed by atoms with E-state index >= 15 is 0 Å². The molecule has 0 aliphatic carbocycles. The number of ether oxygens (including phenoxy) is 1. The third-order valence-electron chi connectivity index (χ3n) is 5.34. The molecule has 4 rings (SSSR count). The van der Waals surface area contributed by atoms with Crippen LogP contribution in [0.5, 0.6) is 5.75 Å². The number of rotatable bonds is 5. The summed E-state index contributed by atoms with van der Waals surface area (Å²) in [6.45, 7) is 6.28. The number of aliphatic hydroxyl groups is 1. The van der Waals surface area contributed by atoms with Gasteiger partial charge >= 0.3 is 0 Å². The van der Waals surface area contributed by atoms with Crippen LogP contribution in [0.25, 0.3) is 6.08 Å². The molecule has 0 spiro atoms. The van der Waals surface area contributed by atoms with Crippen molar-refractivity contribution in [1.82, 2.24) is 9.80 Å². The van der Waals surface area contributed by atoms with Crippen molar-refractivity contribution in [2.75, 3.05) is 32.8 Å². The summed E-state index contributed by atoms with van der Waals surface area (Å²) in [7, 11) is 0. The number of furan rings is 1. The van der Waals surface area contributed by atoms with Gasteiger partial charge in [0, 0.05) is 44.8 Å². The first-order valence-corrected chi connectivity index (χ1v) is 9.84. The largest absolute Gasteiger partial charge is 0.492 e. The first-order valence-electron chi connectivity index (χ1n) is 9.84. The fourth-order valence-corrected chi connectivity index (χ4v) is 3.80. The van der Waals surface area contributed by atoms with E-state index in [0.29, 0.717) is 6.61 Å². The molecule has 2 aromatic rings. The second-order valence-electron chi connectivity index (χ2n) is 7.45. The predicted octanol–water partition coefficient (Wildman–Crippen LogP) is 3.14. The molecule has 1 N–H and O–H groups in total. The van der Waals surface area contributed by atoms with E-state index in [1.807, 2.05) is 18.2 Å². The molecule has 0 atom stereocenters. The molecule has 1 fully saturated rings. The van der Waals surface area contributed by atoms with Crippen molar-refractivity contribution in [1.29, 1.82) is 0 Å². The van der Waals surface area contributed by atoms with E-state index in [4.69, 9.17) is 9.15 Å². The van der Waals surface area contributed by atoms with Crippen molar-refractivity contribution in [3.05, 3.63) is 59.6 Å². The molecule has 0 radical (unpaired) electrons. The van der Waals surface area contributed by atoms with E-state index in [1.54, 1.807) is 6.26 Å². The Balaban J connectivity index is 1.38. The summed E-state index contributed by atoms with van der Waals surface area (Å²) in [6.07, 6.45) is 7.50. The molecule has 0 bridgehead atoms. The maximum atomic E-state index is 9.68. The number of likely N-dealkylation sites (tertiary alicyclic amines) is 1. The van der Waals surface area contributed by atoms with Gasteiger partial charge in [-0.05, 0) is 48.7 Å². The maximum absolute atomic E-state index is 9.68. The van der Waals surface area contributed by atoms with Gasteiger partial charge in [-0.25, -0.2) is 0 Å². The minimum absolute atomic E-state index is 0.121. The van der Waals surface area contributed by atoms with Crippen LogP contribution in [-0.2, 0) is 13.1 Å². The van der Waals surface area contributed by atoms with Crippen molar-refractivity contribution in [3.63, 3.8) is 0 Å². The fourth-order valence-electron chi connectivity index (χ4n) is 3.80. The van der Waals surface area contributed by atoms with E-state index < -0.39 is 0 Å². The molecule has 144 valence electrons. The van der Waals surface area contributed by atoms with Gasteiger partial charge in [0.1, 0.15) is 18.1 Å². The zero-order valence-corrected chi connectivity index (χ0v) is 15.7. The van der Waals surface area contributed by atoms with Crippen LogP contribution in [0.2, 0.25) is 0 Å². The molecule has 2 aliphatic rings. The molecule has 0 unspecified atom stereocenters. The Morgan fingerprint density at radius 3 is 2.81 bits per heavy atom. The summed E-state index contributed by atoms with van der Waals surface area (Å²) in [5, 5.41) is 9.68. The summed E-state index contributed by atoms with van der Waals surface area (Å²) in [5.41, 5.74) is 2.58. The van der Waals surface area contributed by atoms with Crippen molar-refractivity contribution in [2.45, 2.75) is 32.0 Å². The molecule has 3 heterocycles. The molecule has 27 heavy (non-hydrogen) atoms. The molecule has 2 aliphatic heterocycles. The zero-order valence-electron chi connectivity index (χ0n) is 15.7. The molecule has 1 saturated heterocycles. The predicted molar refractivity (Wildman–Crippen MR) is 105 cm³/mol. The quantitative estimate of drug-likeness (QED) is 0.879. The van der Waals surface area contributed by atoms with Crippen LogP contribution in [0.15, 0.2) is 47.1 Å². The average Bonchev–Trinajstić information content (AvgIpc) is 3.10. The summed E-state index contributed by atoms with van der Waals surface area (Å²) >= 11 is 0. The highest BCUT2D eigenvalue weighted by molar-refractivity contribution is 5.42. The Bertz CT molecular complexity index is 749. The number of fused-ring (bicyclic) bond motifs is 1. The topological polar surface area (TPSA) is 49.1 Å². The van der Waals surface area contributed by atoms with Crippen LogP contribution in [0.1, 0.15) is 29.7 Å². The highest BCUT2D eigenvalue weighted by Crippen LogP contribution is 2.25. The van der Waals surface area contributed by atoms with Crippen LogP contribution in [0, 0.1) is 0 Å². The van der Waals surface area contributed by atoms with E-state index in [-0.39, 0.29) is 6.10 Å². The van der Waals surface area contributed by atoms with Gasteiger partial charge in [-0.1, -0.05) is 12.1 Å². The monoisotopic (exact) mass is 368 g/mol. The number of nitrogens with zero attached hydrogens (tertiary/aromatic N) is 2. The van der Waals surface area contributed by atoms with Crippen molar-refractivity contribution >= 4 is 6.08 Å². The number of hydrogen-bond acceptors (Lipinski definition) is 5. The van der Waals surface area contributed by atoms with E-state index in [1.165, 1.54) is 11.1 Å². The number of benzene rings is 1. The fraction of sp³-hybridized carbons (Fsp3) is 0.455.